The minimum absolute atomic E-state index is 0.0196. The van der Waals surface area contributed by atoms with Crippen molar-refractivity contribution in [2.75, 3.05) is 45.2 Å². The van der Waals surface area contributed by atoms with E-state index in [1.807, 2.05) is 6.92 Å². The van der Waals surface area contributed by atoms with Crippen molar-refractivity contribution in [1.82, 2.24) is 14.7 Å². The minimum atomic E-state index is -0.910. The SMILES string of the molecule is CCN(CC(=O)N(C)C)C(=O)N1CCSCC1CC(=O)O. The molecule has 0 aromatic rings. The van der Waals surface area contributed by atoms with Gasteiger partial charge in [0.05, 0.1) is 12.5 Å². The van der Waals surface area contributed by atoms with Crippen molar-refractivity contribution in [3.05, 3.63) is 0 Å². The standard InChI is InChI=1S/C13H23N3O4S/c1-4-15(8-11(17)14(2)3)13(20)16-5-6-21-9-10(16)7-12(18)19/h10H,4-9H2,1-3H3,(H,18,19). The van der Waals surface area contributed by atoms with Crippen LogP contribution in [0.4, 0.5) is 4.79 Å². The van der Waals surface area contributed by atoms with Crippen LogP contribution in [0.25, 0.3) is 0 Å². The molecule has 1 unspecified atom stereocenters. The highest BCUT2D eigenvalue weighted by atomic mass is 32.2. The highest BCUT2D eigenvalue weighted by Gasteiger charge is 2.32. The zero-order valence-corrected chi connectivity index (χ0v) is 13.6. The van der Waals surface area contributed by atoms with Gasteiger partial charge in [-0.2, -0.15) is 11.8 Å². The summed E-state index contributed by atoms with van der Waals surface area (Å²) in [6.07, 6.45) is -0.0576. The van der Waals surface area contributed by atoms with Gasteiger partial charge in [-0.1, -0.05) is 0 Å². The number of amides is 3. The van der Waals surface area contributed by atoms with Gasteiger partial charge in [0, 0.05) is 38.7 Å². The topological polar surface area (TPSA) is 81.2 Å². The maximum Gasteiger partial charge on any atom is 0.320 e. The quantitative estimate of drug-likeness (QED) is 0.794. The predicted molar refractivity (Wildman–Crippen MR) is 81.4 cm³/mol. The van der Waals surface area contributed by atoms with E-state index in [1.54, 1.807) is 30.8 Å². The fraction of sp³-hybridized carbons (Fsp3) is 0.769. The lowest BCUT2D eigenvalue weighted by Gasteiger charge is -2.38. The average molecular weight is 317 g/mol. The number of likely N-dealkylation sites (N-methyl/N-ethyl adjacent to an activating group) is 2. The summed E-state index contributed by atoms with van der Waals surface area (Å²) in [5, 5.41) is 8.96. The number of urea groups is 1. The lowest BCUT2D eigenvalue weighted by Crippen LogP contribution is -2.54. The zero-order valence-electron chi connectivity index (χ0n) is 12.7. The molecule has 3 amide bonds. The molecule has 1 rings (SSSR count). The molecular weight excluding hydrogens is 294 g/mol. The molecule has 1 atom stereocenters. The number of hydrogen-bond acceptors (Lipinski definition) is 4. The van der Waals surface area contributed by atoms with Gasteiger partial charge in [-0.3, -0.25) is 9.59 Å². The maximum absolute atomic E-state index is 12.6. The maximum atomic E-state index is 12.6. The fourth-order valence-electron chi connectivity index (χ4n) is 2.08. The first-order chi connectivity index (χ1) is 9.86. The third kappa shape index (κ3) is 5.11. The molecule has 1 aliphatic heterocycles. The zero-order chi connectivity index (χ0) is 16.0. The van der Waals surface area contributed by atoms with Crippen LogP contribution >= 0.6 is 11.8 Å². The second-order valence-corrected chi connectivity index (χ2v) is 6.25. The van der Waals surface area contributed by atoms with Crippen LogP contribution in [0.5, 0.6) is 0 Å². The number of carbonyl (C=O) groups is 3. The van der Waals surface area contributed by atoms with Crippen LogP contribution < -0.4 is 0 Å². The van der Waals surface area contributed by atoms with Gasteiger partial charge in [-0.15, -0.1) is 0 Å². The van der Waals surface area contributed by atoms with Gasteiger partial charge < -0.3 is 19.8 Å². The van der Waals surface area contributed by atoms with E-state index in [2.05, 4.69) is 0 Å². The van der Waals surface area contributed by atoms with Gasteiger partial charge in [-0.25, -0.2) is 4.79 Å². The predicted octanol–water partition coefficient (Wildman–Crippen LogP) is 0.409. The Morgan fingerprint density at radius 2 is 2.00 bits per heavy atom. The molecule has 1 N–H and O–H groups in total. The van der Waals surface area contributed by atoms with E-state index in [9.17, 15) is 14.4 Å². The summed E-state index contributed by atoms with van der Waals surface area (Å²) in [5.41, 5.74) is 0. The Morgan fingerprint density at radius 1 is 1.33 bits per heavy atom. The summed E-state index contributed by atoms with van der Waals surface area (Å²) in [6, 6.07) is -0.559. The van der Waals surface area contributed by atoms with Gasteiger partial charge in [0.2, 0.25) is 5.91 Å². The van der Waals surface area contributed by atoms with Gasteiger partial charge in [0.15, 0.2) is 0 Å². The van der Waals surface area contributed by atoms with E-state index in [0.29, 0.717) is 18.8 Å². The van der Waals surface area contributed by atoms with Crippen molar-refractivity contribution in [1.29, 1.82) is 0 Å². The van der Waals surface area contributed by atoms with Crippen LogP contribution in [0.3, 0.4) is 0 Å². The summed E-state index contributed by atoms with van der Waals surface area (Å²) in [4.78, 5) is 39.8. The van der Waals surface area contributed by atoms with E-state index in [0.717, 1.165) is 5.75 Å². The molecule has 1 aliphatic rings. The van der Waals surface area contributed by atoms with E-state index in [4.69, 9.17) is 5.11 Å². The number of thioether (sulfide) groups is 1. The second kappa shape index (κ2) is 8.11. The third-order valence-electron chi connectivity index (χ3n) is 3.36. The van der Waals surface area contributed by atoms with E-state index in [-0.39, 0.29) is 30.9 Å². The number of carbonyl (C=O) groups excluding carboxylic acids is 2. The first-order valence-electron chi connectivity index (χ1n) is 6.92. The molecule has 0 saturated carbocycles. The number of hydrogen-bond donors (Lipinski definition) is 1. The van der Waals surface area contributed by atoms with Crippen LogP contribution in [-0.2, 0) is 9.59 Å². The van der Waals surface area contributed by atoms with Gasteiger partial charge >= 0.3 is 12.0 Å². The molecule has 0 spiro atoms. The Morgan fingerprint density at radius 3 is 2.52 bits per heavy atom. The largest absolute Gasteiger partial charge is 0.481 e. The third-order valence-corrected chi connectivity index (χ3v) is 4.45. The number of carboxylic acid groups (broad SMARTS) is 1. The molecule has 120 valence electrons. The van der Waals surface area contributed by atoms with Crippen molar-refractivity contribution >= 4 is 29.7 Å². The highest BCUT2D eigenvalue weighted by molar-refractivity contribution is 7.99. The molecule has 0 aromatic carbocycles. The Hall–Kier alpha value is -1.44. The van der Waals surface area contributed by atoms with Crippen LogP contribution in [0.2, 0.25) is 0 Å². The van der Waals surface area contributed by atoms with Crippen molar-refractivity contribution < 1.29 is 19.5 Å². The Balaban J connectivity index is 2.75. The average Bonchev–Trinajstić information content (AvgIpc) is 2.43. The molecular formula is C13H23N3O4S. The summed E-state index contributed by atoms with van der Waals surface area (Å²) < 4.78 is 0. The summed E-state index contributed by atoms with van der Waals surface area (Å²) in [7, 11) is 3.29. The molecule has 21 heavy (non-hydrogen) atoms. The van der Waals surface area contributed by atoms with Crippen molar-refractivity contribution in [3.63, 3.8) is 0 Å². The van der Waals surface area contributed by atoms with Crippen molar-refractivity contribution in [3.8, 4) is 0 Å². The molecule has 8 heteroatoms. The van der Waals surface area contributed by atoms with E-state index < -0.39 is 5.97 Å². The number of carboxylic acids is 1. The number of rotatable bonds is 5. The van der Waals surface area contributed by atoms with Crippen molar-refractivity contribution in [2.24, 2.45) is 0 Å². The fourth-order valence-corrected chi connectivity index (χ4v) is 3.14. The van der Waals surface area contributed by atoms with E-state index >= 15 is 0 Å². The van der Waals surface area contributed by atoms with Gasteiger partial charge in [0.1, 0.15) is 6.54 Å². The normalized spacial score (nSPS) is 18.2. The molecule has 7 nitrogen and oxygen atoms in total. The molecule has 1 fully saturated rings. The molecule has 0 radical (unpaired) electrons. The van der Waals surface area contributed by atoms with Crippen LogP contribution in [0.1, 0.15) is 13.3 Å². The van der Waals surface area contributed by atoms with Crippen LogP contribution in [-0.4, -0.2) is 89.0 Å². The lowest BCUT2D eigenvalue weighted by molar-refractivity contribution is -0.138. The monoisotopic (exact) mass is 317 g/mol. The Bertz CT molecular complexity index is 403. The van der Waals surface area contributed by atoms with E-state index in [1.165, 1.54) is 9.80 Å². The molecule has 0 aliphatic carbocycles. The Kier molecular flexibility index (Phi) is 6.80. The second-order valence-electron chi connectivity index (χ2n) is 5.10. The minimum Gasteiger partial charge on any atom is -0.481 e. The lowest BCUT2D eigenvalue weighted by atomic mass is 10.2. The molecule has 1 saturated heterocycles. The van der Waals surface area contributed by atoms with Crippen LogP contribution in [0.15, 0.2) is 0 Å². The highest BCUT2D eigenvalue weighted by Crippen LogP contribution is 2.20. The van der Waals surface area contributed by atoms with Gasteiger partial charge in [0.25, 0.3) is 0 Å². The summed E-state index contributed by atoms with van der Waals surface area (Å²) in [6.45, 7) is 2.77. The van der Waals surface area contributed by atoms with Crippen molar-refractivity contribution in [2.45, 2.75) is 19.4 Å². The summed E-state index contributed by atoms with van der Waals surface area (Å²) in [5.74, 6) is 0.359. The van der Waals surface area contributed by atoms with Gasteiger partial charge in [-0.05, 0) is 6.92 Å². The molecule has 1 heterocycles. The summed E-state index contributed by atoms with van der Waals surface area (Å²) >= 11 is 1.65. The Labute approximate surface area is 129 Å². The molecule has 0 bridgehead atoms. The first kappa shape index (κ1) is 17.6. The first-order valence-corrected chi connectivity index (χ1v) is 8.07. The number of aliphatic carboxylic acids is 1. The van der Waals surface area contributed by atoms with Crippen LogP contribution in [0, 0.1) is 0 Å². The molecule has 0 aromatic heterocycles. The smallest absolute Gasteiger partial charge is 0.320 e. The number of nitrogens with zero attached hydrogens (tertiary/aromatic N) is 3.